The quantitative estimate of drug-likeness (QED) is 0.609. The van der Waals surface area contributed by atoms with Gasteiger partial charge in [0.2, 0.25) is 10.0 Å². The van der Waals surface area contributed by atoms with E-state index < -0.39 is 10.0 Å². The molecule has 140 valence electrons. The maximum absolute atomic E-state index is 12.4. The number of hydrogen-bond acceptors (Lipinski definition) is 5. The molecule has 2 aromatic rings. The van der Waals surface area contributed by atoms with Gasteiger partial charge in [-0.15, -0.1) is 0 Å². The zero-order valence-electron chi connectivity index (χ0n) is 14.2. The summed E-state index contributed by atoms with van der Waals surface area (Å²) in [6.45, 7) is 0.162. The van der Waals surface area contributed by atoms with E-state index in [-0.39, 0.29) is 29.7 Å². The number of rotatable bonds is 7. The lowest BCUT2D eigenvalue weighted by Crippen LogP contribution is -2.25. The smallest absolute Gasteiger partial charge is 0.251 e. The molecular formula is C17H19BrN2O5S. The minimum Gasteiger partial charge on any atom is -0.503 e. The van der Waals surface area contributed by atoms with Gasteiger partial charge < -0.3 is 15.2 Å². The van der Waals surface area contributed by atoms with Gasteiger partial charge in [0.05, 0.1) is 17.3 Å². The number of nitrogens with one attached hydrogen (secondary N) is 2. The second-order valence-electron chi connectivity index (χ2n) is 5.42. The molecule has 0 saturated carbocycles. The number of amides is 1. The number of phenolic OH excluding ortho intramolecular Hbond substituents is 1. The fourth-order valence-corrected chi connectivity index (χ4v) is 3.56. The van der Waals surface area contributed by atoms with Crippen molar-refractivity contribution in [1.29, 1.82) is 0 Å². The standard InChI is InChI=1S/C17H19BrN2O5S/c1-19-26(23,24)10-12-6-4-3-5-11(12)9-20-17(22)13-7-14(18)16(21)15(8-13)25-2/h3-8,19,21H,9-10H2,1-2H3,(H,20,22). The van der Waals surface area contributed by atoms with E-state index >= 15 is 0 Å². The van der Waals surface area contributed by atoms with Crippen LogP contribution in [0.15, 0.2) is 40.9 Å². The van der Waals surface area contributed by atoms with Crippen LogP contribution >= 0.6 is 15.9 Å². The van der Waals surface area contributed by atoms with E-state index in [4.69, 9.17) is 4.74 Å². The van der Waals surface area contributed by atoms with Crippen LogP contribution in [0.5, 0.6) is 11.5 Å². The van der Waals surface area contributed by atoms with Crippen LogP contribution in [0, 0.1) is 0 Å². The first-order chi connectivity index (χ1) is 12.3. The molecule has 0 bridgehead atoms. The number of ether oxygens (including phenoxy) is 1. The molecule has 0 aromatic heterocycles. The molecule has 0 saturated heterocycles. The second kappa shape index (κ2) is 8.52. The fourth-order valence-electron chi connectivity index (χ4n) is 2.29. The minimum absolute atomic E-state index is 0.0910. The molecule has 0 unspecified atom stereocenters. The highest BCUT2D eigenvalue weighted by Gasteiger charge is 2.15. The zero-order chi connectivity index (χ0) is 19.3. The fraction of sp³-hybridized carbons (Fsp3) is 0.235. The van der Waals surface area contributed by atoms with Crippen molar-refractivity contribution in [3.8, 4) is 11.5 Å². The van der Waals surface area contributed by atoms with Crippen molar-refractivity contribution in [2.45, 2.75) is 12.3 Å². The van der Waals surface area contributed by atoms with E-state index in [2.05, 4.69) is 26.0 Å². The van der Waals surface area contributed by atoms with E-state index in [1.807, 2.05) is 0 Å². The van der Waals surface area contributed by atoms with Gasteiger partial charge >= 0.3 is 0 Å². The Kier molecular flexibility index (Phi) is 6.63. The van der Waals surface area contributed by atoms with Gasteiger partial charge in [0.1, 0.15) is 0 Å². The first-order valence-electron chi connectivity index (χ1n) is 7.60. The van der Waals surface area contributed by atoms with Crippen molar-refractivity contribution in [3.63, 3.8) is 0 Å². The summed E-state index contributed by atoms with van der Waals surface area (Å²) in [5.74, 6) is -0.472. The van der Waals surface area contributed by atoms with E-state index in [1.165, 1.54) is 26.3 Å². The molecule has 2 aromatic carbocycles. The summed E-state index contributed by atoms with van der Waals surface area (Å²) in [5, 5.41) is 12.6. The monoisotopic (exact) mass is 442 g/mol. The van der Waals surface area contributed by atoms with Crippen LogP contribution in [0.4, 0.5) is 0 Å². The lowest BCUT2D eigenvalue weighted by molar-refractivity contribution is 0.0950. The maximum Gasteiger partial charge on any atom is 0.251 e. The van der Waals surface area contributed by atoms with Gasteiger partial charge in [-0.2, -0.15) is 0 Å². The molecule has 26 heavy (non-hydrogen) atoms. The second-order valence-corrected chi connectivity index (χ2v) is 8.20. The van der Waals surface area contributed by atoms with Crippen molar-refractivity contribution < 1.29 is 23.1 Å². The predicted octanol–water partition coefficient (Wildman–Crippen LogP) is 2.14. The lowest BCUT2D eigenvalue weighted by atomic mass is 10.1. The highest BCUT2D eigenvalue weighted by Crippen LogP contribution is 2.35. The Labute approximate surface area is 160 Å². The van der Waals surface area contributed by atoms with Crippen LogP contribution < -0.4 is 14.8 Å². The van der Waals surface area contributed by atoms with Crippen molar-refractivity contribution in [2.75, 3.05) is 14.2 Å². The van der Waals surface area contributed by atoms with Crippen molar-refractivity contribution in [2.24, 2.45) is 0 Å². The number of carbonyl (C=O) groups excluding carboxylic acids is 1. The molecule has 3 N–H and O–H groups in total. The van der Waals surface area contributed by atoms with Gasteiger partial charge in [0.15, 0.2) is 11.5 Å². The van der Waals surface area contributed by atoms with Crippen LogP contribution in [0.2, 0.25) is 0 Å². The summed E-state index contributed by atoms with van der Waals surface area (Å²) < 4.78 is 31.2. The van der Waals surface area contributed by atoms with Gasteiger partial charge in [0.25, 0.3) is 5.91 Å². The molecule has 2 rings (SSSR count). The molecule has 0 spiro atoms. The number of aromatic hydroxyl groups is 1. The molecule has 0 aliphatic rings. The highest BCUT2D eigenvalue weighted by atomic mass is 79.9. The molecule has 0 fully saturated rings. The van der Waals surface area contributed by atoms with E-state index in [1.54, 1.807) is 24.3 Å². The predicted molar refractivity (Wildman–Crippen MR) is 102 cm³/mol. The molecule has 7 nitrogen and oxygen atoms in total. The van der Waals surface area contributed by atoms with Crippen molar-refractivity contribution >= 4 is 31.9 Å². The Bertz CT molecular complexity index is 915. The van der Waals surface area contributed by atoms with E-state index in [0.29, 0.717) is 21.2 Å². The SMILES string of the molecule is CNS(=O)(=O)Cc1ccccc1CNC(=O)c1cc(Br)c(O)c(OC)c1. The van der Waals surface area contributed by atoms with Gasteiger partial charge in [-0.3, -0.25) is 4.79 Å². The number of hydrogen-bond donors (Lipinski definition) is 3. The lowest BCUT2D eigenvalue weighted by Gasteiger charge is -2.12. The zero-order valence-corrected chi connectivity index (χ0v) is 16.6. The largest absolute Gasteiger partial charge is 0.503 e. The number of halogens is 1. The third-order valence-electron chi connectivity index (χ3n) is 3.72. The summed E-state index contributed by atoms with van der Waals surface area (Å²) >= 11 is 3.17. The molecule has 0 atom stereocenters. The van der Waals surface area contributed by atoms with Crippen LogP contribution in [-0.2, 0) is 22.3 Å². The summed E-state index contributed by atoms with van der Waals surface area (Å²) in [6, 6.07) is 9.88. The third kappa shape index (κ3) is 4.96. The van der Waals surface area contributed by atoms with Gasteiger partial charge in [0, 0.05) is 12.1 Å². The number of phenols is 1. The molecule has 0 aliphatic carbocycles. The Morgan fingerprint density at radius 1 is 1.23 bits per heavy atom. The normalized spacial score (nSPS) is 11.2. The number of carbonyl (C=O) groups is 1. The van der Waals surface area contributed by atoms with Crippen LogP contribution in [0.25, 0.3) is 0 Å². The number of methoxy groups -OCH3 is 1. The summed E-state index contributed by atoms with van der Waals surface area (Å²) in [6.07, 6.45) is 0. The molecule has 1 amide bonds. The summed E-state index contributed by atoms with van der Waals surface area (Å²) in [4.78, 5) is 12.4. The van der Waals surface area contributed by atoms with Crippen LogP contribution in [0.1, 0.15) is 21.5 Å². The van der Waals surface area contributed by atoms with Gasteiger partial charge in [-0.05, 0) is 46.2 Å². The molecular weight excluding hydrogens is 424 g/mol. The Morgan fingerprint density at radius 2 is 1.88 bits per heavy atom. The molecule has 0 aliphatic heterocycles. The topological polar surface area (TPSA) is 105 Å². The minimum atomic E-state index is -3.42. The van der Waals surface area contributed by atoms with Crippen LogP contribution in [0.3, 0.4) is 0 Å². The maximum atomic E-state index is 12.4. The first kappa shape index (κ1) is 20.2. The molecule has 9 heteroatoms. The average Bonchev–Trinajstić information content (AvgIpc) is 2.62. The van der Waals surface area contributed by atoms with Gasteiger partial charge in [-0.1, -0.05) is 24.3 Å². The summed E-state index contributed by atoms with van der Waals surface area (Å²) in [5.41, 5.74) is 1.60. The van der Waals surface area contributed by atoms with Crippen LogP contribution in [-0.4, -0.2) is 33.6 Å². The van der Waals surface area contributed by atoms with E-state index in [0.717, 1.165) is 0 Å². The van der Waals surface area contributed by atoms with Gasteiger partial charge in [-0.25, -0.2) is 13.1 Å². The van der Waals surface area contributed by atoms with Crippen molar-refractivity contribution in [1.82, 2.24) is 10.0 Å². The highest BCUT2D eigenvalue weighted by molar-refractivity contribution is 9.10. The Balaban J connectivity index is 2.17. The Hall–Kier alpha value is -2.10. The number of benzene rings is 2. The molecule has 0 radical (unpaired) electrons. The molecule has 0 heterocycles. The summed E-state index contributed by atoms with van der Waals surface area (Å²) in [7, 11) is -0.671. The average molecular weight is 443 g/mol. The van der Waals surface area contributed by atoms with Crippen molar-refractivity contribution in [3.05, 3.63) is 57.6 Å². The number of sulfonamides is 1. The third-order valence-corrected chi connectivity index (χ3v) is 5.64. The van der Waals surface area contributed by atoms with E-state index in [9.17, 15) is 18.3 Å². The Morgan fingerprint density at radius 3 is 2.50 bits per heavy atom. The first-order valence-corrected chi connectivity index (χ1v) is 10.0.